The second-order valence-corrected chi connectivity index (χ2v) is 5.72. The van der Waals surface area contributed by atoms with E-state index in [1.807, 2.05) is 24.3 Å². The summed E-state index contributed by atoms with van der Waals surface area (Å²) < 4.78 is 1.28. The first kappa shape index (κ1) is 12.9. The molecule has 0 spiro atoms. The van der Waals surface area contributed by atoms with E-state index in [1.54, 1.807) is 18.4 Å². The number of aryl methyl sites for hydroxylation is 2. The normalized spacial score (nSPS) is 11.6. The van der Waals surface area contributed by atoms with Crippen LogP contribution in [0.4, 0.5) is 5.69 Å². The molecule has 2 aromatic carbocycles. The Morgan fingerprint density at radius 2 is 1.75 bits per heavy atom. The van der Waals surface area contributed by atoms with Gasteiger partial charge in [-0.1, -0.05) is 6.07 Å². The molecule has 0 bridgehead atoms. The smallest absolute Gasteiger partial charge is 0.124 e. The van der Waals surface area contributed by atoms with Crippen molar-refractivity contribution >= 4 is 27.2 Å². The fourth-order valence-electron chi connectivity index (χ4n) is 2.13. The van der Waals surface area contributed by atoms with Gasteiger partial charge in [-0.05, 0) is 55.3 Å². The zero-order valence-corrected chi connectivity index (χ0v) is 12.5. The molecule has 1 heterocycles. The quantitative estimate of drug-likeness (QED) is 0.588. The maximum atomic E-state index is 4.73. The fraction of sp³-hybridized carbons (Fsp3) is 0.188. The van der Waals surface area contributed by atoms with Gasteiger partial charge in [-0.15, -0.1) is 11.3 Å². The first-order valence-corrected chi connectivity index (χ1v) is 7.27. The van der Waals surface area contributed by atoms with Crippen molar-refractivity contribution in [2.75, 3.05) is 7.05 Å². The Bertz CT molecular complexity index is 785. The second kappa shape index (κ2) is 5.13. The lowest BCUT2D eigenvalue weighted by molar-refractivity contribution is 1.17. The van der Waals surface area contributed by atoms with Gasteiger partial charge in [-0.25, -0.2) is 4.98 Å². The SMILES string of the molecule is CN=Nc1ccc(-c2nc3ccc(C)c(C)c3s2)cc1. The van der Waals surface area contributed by atoms with E-state index in [0.717, 1.165) is 21.8 Å². The van der Waals surface area contributed by atoms with Crippen LogP contribution in [0.1, 0.15) is 11.1 Å². The molecule has 0 atom stereocenters. The monoisotopic (exact) mass is 281 g/mol. The molecule has 3 aromatic rings. The van der Waals surface area contributed by atoms with Crippen LogP contribution in [-0.4, -0.2) is 12.0 Å². The van der Waals surface area contributed by atoms with Crippen molar-refractivity contribution in [2.45, 2.75) is 13.8 Å². The molecule has 0 aliphatic rings. The van der Waals surface area contributed by atoms with E-state index in [0.29, 0.717) is 0 Å². The summed E-state index contributed by atoms with van der Waals surface area (Å²) in [6.07, 6.45) is 0. The van der Waals surface area contributed by atoms with Gasteiger partial charge in [0.15, 0.2) is 0 Å². The minimum absolute atomic E-state index is 0.865. The molecule has 20 heavy (non-hydrogen) atoms. The number of hydrogen-bond acceptors (Lipinski definition) is 4. The van der Waals surface area contributed by atoms with Crippen LogP contribution >= 0.6 is 11.3 Å². The number of aromatic nitrogens is 1. The fourth-order valence-corrected chi connectivity index (χ4v) is 3.25. The average molecular weight is 281 g/mol. The third kappa shape index (κ3) is 2.23. The van der Waals surface area contributed by atoms with E-state index < -0.39 is 0 Å². The van der Waals surface area contributed by atoms with E-state index in [1.165, 1.54) is 15.8 Å². The molecule has 0 unspecified atom stereocenters. The standard InChI is InChI=1S/C16H15N3S/c1-10-4-9-14-15(11(10)2)20-16(18-14)12-5-7-13(8-6-12)19-17-3/h4-9H,1-3H3. The minimum atomic E-state index is 0.865. The van der Waals surface area contributed by atoms with Crippen LogP contribution in [0.25, 0.3) is 20.8 Å². The third-order valence-electron chi connectivity index (χ3n) is 3.41. The van der Waals surface area contributed by atoms with Gasteiger partial charge in [0.05, 0.1) is 15.9 Å². The predicted octanol–water partition coefficient (Wildman–Crippen LogP) is 5.29. The second-order valence-electron chi connectivity index (χ2n) is 4.72. The van der Waals surface area contributed by atoms with Crippen LogP contribution < -0.4 is 0 Å². The molecule has 3 nitrogen and oxygen atoms in total. The lowest BCUT2D eigenvalue weighted by Crippen LogP contribution is -1.79. The largest absolute Gasteiger partial charge is 0.236 e. The van der Waals surface area contributed by atoms with E-state index in [-0.39, 0.29) is 0 Å². The summed E-state index contributed by atoms with van der Waals surface area (Å²) in [6, 6.07) is 12.2. The van der Waals surface area contributed by atoms with Gasteiger partial charge in [0, 0.05) is 12.6 Å². The molecule has 0 radical (unpaired) electrons. The summed E-state index contributed by atoms with van der Waals surface area (Å²) in [6.45, 7) is 4.29. The number of benzene rings is 2. The molecule has 0 amide bonds. The molecule has 1 aromatic heterocycles. The number of nitrogens with zero attached hydrogens (tertiary/aromatic N) is 3. The zero-order chi connectivity index (χ0) is 14.1. The third-order valence-corrected chi connectivity index (χ3v) is 4.65. The van der Waals surface area contributed by atoms with Gasteiger partial charge in [0.2, 0.25) is 0 Å². The Kier molecular flexibility index (Phi) is 3.32. The number of hydrogen-bond donors (Lipinski definition) is 0. The topological polar surface area (TPSA) is 37.6 Å². The summed E-state index contributed by atoms with van der Waals surface area (Å²) in [5.74, 6) is 0. The van der Waals surface area contributed by atoms with Crippen molar-refractivity contribution in [3.8, 4) is 10.6 Å². The van der Waals surface area contributed by atoms with Gasteiger partial charge in [-0.3, -0.25) is 0 Å². The molecular formula is C16H15N3S. The number of fused-ring (bicyclic) bond motifs is 1. The van der Waals surface area contributed by atoms with Crippen LogP contribution in [-0.2, 0) is 0 Å². The van der Waals surface area contributed by atoms with E-state index in [4.69, 9.17) is 4.98 Å². The first-order chi connectivity index (χ1) is 9.69. The van der Waals surface area contributed by atoms with Gasteiger partial charge in [-0.2, -0.15) is 10.2 Å². The van der Waals surface area contributed by atoms with Crippen molar-refractivity contribution in [1.29, 1.82) is 0 Å². The van der Waals surface area contributed by atoms with Crippen LogP contribution in [0.2, 0.25) is 0 Å². The van der Waals surface area contributed by atoms with Crippen molar-refractivity contribution < 1.29 is 0 Å². The molecule has 0 aliphatic carbocycles. The molecule has 0 saturated heterocycles. The number of rotatable bonds is 2. The Morgan fingerprint density at radius 1 is 1.00 bits per heavy atom. The predicted molar refractivity (Wildman–Crippen MR) is 85.0 cm³/mol. The Hall–Kier alpha value is -2.07. The molecule has 100 valence electrons. The van der Waals surface area contributed by atoms with Crippen molar-refractivity contribution in [2.24, 2.45) is 10.2 Å². The maximum absolute atomic E-state index is 4.73. The highest BCUT2D eigenvalue weighted by Gasteiger charge is 2.09. The Labute approximate surface area is 122 Å². The van der Waals surface area contributed by atoms with E-state index in [2.05, 4.69) is 36.2 Å². The highest BCUT2D eigenvalue weighted by molar-refractivity contribution is 7.21. The average Bonchev–Trinajstić information content (AvgIpc) is 2.89. The molecule has 0 aliphatic heterocycles. The van der Waals surface area contributed by atoms with Crippen molar-refractivity contribution in [3.63, 3.8) is 0 Å². The molecule has 4 heteroatoms. The number of azo groups is 1. The Morgan fingerprint density at radius 3 is 2.45 bits per heavy atom. The maximum Gasteiger partial charge on any atom is 0.124 e. The molecule has 0 fully saturated rings. The summed E-state index contributed by atoms with van der Waals surface area (Å²) >= 11 is 1.75. The van der Waals surface area contributed by atoms with E-state index in [9.17, 15) is 0 Å². The Balaban J connectivity index is 2.08. The van der Waals surface area contributed by atoms with Crippen LogP contribution in [0, 0.1) is 13.8 Å². The highest BCUT2D eigenvalue weighted by atomic mass is 32.1. The minimum Gasteiger partial charge on any atom is -0.236 e. The van der Waals surface area contributed by atoms with Gasteiger partial charge in [0.1, 0.15) is 5.01 Å². The summed E-state index contributed by atoms with van der Waals surface area (Å²) in [5.41, 5.74) is 5.70. The van der Waals surface area contributed by atoms with Gasteiger partial charge in [0.25, 0.3) is 0 Å². The molecule has 3 rings (SSSR count). The molecular weight excluding hydrogens is 266 g/mol. The zero-order valence-electron chi connectivity index (χ0n) is 11.7. The summed E-state index contributed by atoms with van der Waals surface area (Å²) in [7, 11) is 1.67. The van der Waals surface area contributed by atoms with Crippen LogP contribution in [0.3, 0.4) is 0 Å². The first-order valence-electron chi connectivity index (χ1n) is 6.46. The van der Waals surface area contributed by atoms with E-state index >= 15 is 0 Å². The lowest BCUT2D eigenvalue weighted by atomic mass is 10.1. The molecule has 0 N–H and O–H groups in total. The van der Waals surface area contributed by atoms with Crippen LogP contribution in [0.15, 0.2) is 46.6 Å². The van der Waals surface area contributed by atoms with Crippen molar-refractivity contribution in [1.82, 2.24) is 4.98 Å². The van der Waals surface area contributed by atoms with Crippen LogP contribution in [0.5, 0.6) is 0 Å². The molecule has 0 saturated carbocycles. The highest BCUT2D eigenvalue weighted by Crippen LogP contribution is 2.33. The van der Waals surface area contributed by atoms with Gasteiger partial charge >= 0.3 is 0 Å². The number of thiazole rings is 1. The van der Waals surface area contributed by atoms with Crippen molar-refractivity contribution in [3.05, 3.63) is 47.5 Å². The summed E-state index contributed by atoms with van der Waals surface area (Å²) in [4.78, 5) is 4.73. The lowest BCUT2D eigenvalue weighted by Gasteiger charge is -1.98. The van der Waals surface area contributed by atoms with Gasteiger partial charge < -0.3 is 0 Å². The summed E-state index contributed by atoms with van der Waals surface area (Å²) in [5, 5.41) is 8.84.